The number of carbonyl (C=O) groups is 2. The summed E-state index contributed by atoms with van der Waals surface area (Å²) in [5.41, 5.74) is 1.50. The standard InChI is InChI=1S/C21H20N2O5S/c1-3-26-17-8-6-15(7-9-17)19(24)12-27-21(25)18-5-4-10-22-20(18)29-13-16-11-14(2)28-23-16/h4-11H,3,12-13H2,1-2H3. The fraction of sp³-hybridized carbons (Fsp3) is 0.238. The third-order valence-corrected chi connectivity index (χ3v) is 4.89. The number of thioether (sulfide) groups is 1. The molecular formula is C21H20N2O5S. The number of rotatable bonds is 9. The molecule has 7 nitrogen and oxygen atoms in total. The Bertz CT molecular complexity index is 985. The van der Waals surface area contributed by atoms with Crippen LogP contribution in [0.15, 0.2) is 58.2 Å². The first-order valence-corrected chi connectivity index (χ1v) is 9.98. The number of hydrogen-bond donors (Lipinski definition) is 0. The second-order valence-corrected chi connectivity index (χ2v) is 6.99. The van der Waals surface area contributed by atoms with Crippen LogP contribution in [0.5, 0.6) is 5.75 Å². The molecule has 2 heterocycles. The van der Waals surface area contributed by atoms with Gasteiger partial charge in [-0.15, -0.1) is 0 Å². The molecule has 0 aliphatic carbocycles. The summed E-state index contributed by atoms with van der Waals surface area (Å²) in [4.78, 5) is 29.0. The van der Waals surface area contributed by atoms with Crippen LogP contribution >= 0.6 is 11.8 Å². The van der Waals surface area contributed by atoms with Crippen molar-refractivity contribution >= 4 is 23.5 Å². The quantitative estimate of drug-likeness (QED) is 0.295. The normalized spacial score (nSPS) is 10.6. The zero-order valence-electron chi connectivity index (χ0n) is 16.1. The summed E-state index contributed by atoms with van der Waals surface area (Å²) < 4.78 is 15.6. The molecule has 0 aliphatic heterocycles. The average Bonchev–Trinajstić information content (AvgIpc) is 3.16. The van der Waals surface area contributed by atoms with E-state index in [-0.39, 0.29) is 12.4 Å². The van der Waals surface area contributed by atoms with Gasteiger partial charge >= 0.3 is 5.97 Å². The monoisotopic (exact) mass is 412 g/mol. The van der Waals surface area contributed by atoms with E-state index in [2.05, 4.69) is 10.1 Å². The van der Waals surface area contributed by atoms with Gasteiger partial charge in [-0.2, -0.15) is 0 Å². The highest BCUT2D eigenvalue weighted by Gasteiger charge is 2.17. The van der Waals surface area contributed by atoms with Gasteiger partial charge in [-0.05, 0) is 50.2 Å². The molecule has 0 atom stereocenters. The Morgan fingerprint density at radius 3 is 2.66 bits per heavy atom. The van der Waals surface area contributed by atoms with Crippen molar-refractivity contribution in [3.8, 4) is 5.75 Å². The number of benzene rings is 1. The van der Waals surface area contributed by atoms with Gasteiger partial charge in [0.15, 0.2) is 12.4 Å². The molecule has 0 amide bonds. The molecule has 0 radical (unpaired) electrons. The third kappa shape index (κ3) is 5.68. The molecule has 0 unspecified atom stereocenters. The van der Waals surface area contributed by atoms with Crippen molar-refractivity contribution in [1.82, 2.24) is 10.1 Å². The van der Waals surface area contributed by atoms with E-state index < -0.39 is 5.97 Å². The highest BCUT2D eigenvalue weighted by molar-refractivity contribution is 7.98. The van der Waals surface area contributed by atoms with Crippen LogP contribution in [0, 0.1) is 6.92 Å². The third-order valence-electron chi connectivity index (χ3n) is 3.85. The molecule has 2 aromatic heterocycles. The first kappa shape index (κ1) is 20.6. The largest absolute Gasteiger partial charge is 0.494 e. The fourth-order valence-corrected chi connectivity index (χ4v) is 3.35. The first-order valence-electron chi connectivity index (χ1n) is 9.00. The van der Waals surface area contributed by atoms with E-state index in [4.69, 9.17) is 14.0 Å². The van der Waals surface area contributed by atoms with Gasteiger partial charge in [0.05, 0.1) is 17.9 Å². The predicted octanol–water partition coefficient (Wildman–Crippen LogP) is 4.11. The van der Waals surface area contributed by atoms with Crippen molar-refractivity contribution in [1.29, 1.82) is 0 Å². The van der Waals surface area contributed by atoms with Crippen LogP contribution in [-0.4, -0.2) is 35.1 Å². The van der Waals surface area contributed by atoms with E-state index >= 15 is 0 Å². The summed E-state index contributed by atoms with van der Waals surface area (Å²) in [6, 6.07) is 11.8. The van der Waals surface area contributed by atoms with E-state index in [1.54, 1.807) is 42.6 Å². The van der Waals surface area contributed by atoms with E-state index in [9.17, 15) is 9.59 Å². The second kappa shape index (κ2) is 9.88. The van der Waals surface area contributed by atoms with Crippen molar-refractivity contribution in [2.75, 3.05) is 13.2 Å². The first-order chi connectivity index (χ1) is 14.1. The molecule has 3 aromatic rings. The molecule has 3 rings (SSSR count). The van der Waals surface area contributed by atoms with Crippen LogP contribution in [0.1, 0.15) is 39.1 Å². The molecule has 0 aliphatic rings. The van der Waals surface area contributed by atoms with Crippen LogP contribution in [0.2, 0.25) is 0 Å². The fourth-order valence-electron chi connectivity index (χ4n) is 2.49. The van der Waals surface area contributed by atoms with Gasteiger partial charge in [0.25, 0.3) is 0 Å². The highest BCUT2D eigenvalue weighted by atomic mass is 32.2. The van der Waals surface area contributed by atoms with E-state index in [1.165, 1.54) is 11.8 Å². The maximum Gasteiger partial charge on any atom is 0.341 e. The molecular weight excluding hydrogens is 392 g/mol. The van der Waals surface area contributed by atoms with Crippen molar-refractivity contribution in [2.45, 2.75) is 24.6 Å². The summed E-state index contributed by atoms with van der Waals surface area (Å²) in [5.74, 6) is 1.00. The summed E-state index contributed by atoms with van der Waals surface area (Å²) >= 11 is 1.35. The van der Waals surface area contributed by atoms with Gasteiger partial charge in [0.2, 0.25) is 0 Å². The van der Waals surface area contributed by atoms with Crippen LogP contribution in [0.3, 0.4) is 0 Å². The maximum absolute atomic E-state index is 12.5. The topological polar surface area (TPSA) is 91.5 Å². The Balaban J connectivity index is 1.59. The number of esters is 1. The Hall–Kier alpha value is -3.13. The number of pyridine rings is 1. The molecule has 0 bridgehead atoms. The zero-order valence-corrected chi connectivity index (χ0v) is 16.9. The van der Waals surface area contributed by atoms with Crippen molar-refractivity contribution in [2.24, 2.45) is 0 Å². The maximum atomic E-state index is 12.5. The lowest BCUT2D eigenvalue weighted by molar-refractivity contribution is 0.0470. The Labute approximate surface area is 172 Å². The van der Waals surface area contributed by atoms with E-state index in [0.29, 0.717) is 40.0 Å². The molecule has 0 fully saturated rings. The number of hydrogen-bond acceptors (Lipinski definition) is 8. The van der Waals surface area contributed by atoms with Crippen molar-refractivity contribution in [3.05, 3.63) is 71.2 Å². The summed E-state index contributed by atoms with van der Waals surface area (Å²) in [6.07, 6.45) is 1.60. The minimum absolute atomic E-state index is 0.294. The highest BCUT2D eigenvalue weighted by Crippen LogP contribution is 2.24. The van der Waals surface area contributed by atoms with Gasteiger partial charge in [0.1, 0.15) is 16.5 Å². The molecule has 0 saturated heterocycles. The number of carbonyl (C=O) groups excluding carboxylic acids is 2. The lowest BCUT2D eigenvalue weighted by atomic mass is 10.1. The lowest BCUT2D eigenvalue weighted by Crippen LogP contribution is -2.15. The minimum atomic E-state index is -0.601. The number of aryl methyl sites for hydroxylation is 1. The summed E-state index contributed by atoms with van der Waals surface area (Å²) in [5, 5.41) is 4.43. The number of ether oxygens (including phenoxy) is 2. The lowest BCUT2D eigenvalue weighted by Gasteiger charge is -2.08. The zero-order chi connectivity index (χ0) is 20.6. The Morgan fingerprint density at radius 1 is 1.17 bits per heavy atom. The minimum Gasteiger partial charge on any atom is -0.494 e. The number of Topliss-reactive ketones (excluding diaryl/α,β-unsaturated/α-hetero) is 1. The molecule has 0 spiro atoms. The average molecular weight is 412 g/mol. The van der Waals surface area contributed by atoms with Crippen LogP contribution in [0.4, 0.5) is 0 Å². The van der Waals surface area contributed by atoms with E-state index in [1.807, 2.05) is 19.9 Å². The van der Waals surface area contributed by atoms with Gasteiger partial charge in [-0.1, -0.05) is 16.9 Å². The van der Waals surface area contributed by atoms with Crippen LogP contribution < -0.4 is 4.74 Å². The van der Waals surface area contributed by atoms with Gasteiger partial charge in [-0.3, -0.25) is 4.79 Å². The Morgan fingerprint density at radius 2 is 1.97 bits per heavy atom. The molecule has 29 heavy (non-hydrogen) atoms. The SMILES string of the molecule is CCOc1ccc(C(=O)COC(=O)c2cccnc2SCc2cc(C)on2)cc1. The molecule has 150 valence electrons. The molecule has 1 aromatic carbocycles. The van der Waals surface area contributed by atoms with Crippen LogP contribution in [0.25, 0.3) is 0 Å². The number of aromatic nitrogens is 2. The van der Waals surface area contributed by atoms with Gasteiger partial charge in [0, 0.05) is 23.6 Å². The summed E-state index contributed by atoms with van der Waals surface area (Å²) in [7, 11) is 0. The van der Waals surface area contributed by atoms with E-state index in [0.717, 1.165) is 5.69 Å². The number of nitrogens with zero attached hydrogens (tertiary/aromatic N) is 2. The number of ketones is 1. The summed E-state index contributed by atoms with van der Waals surface area (Å²) in [6.45, 7) is 3.89. The van der Waals surface area contributed by atoms with Crippen LogP contribution in [-0.2, 0) is 10.5 Å². The van der Waals surface area contributed by atoms with Gasteiger partial charge in [-0.25, -0.2) is 9.78 Å². The molecule has 0 saturated carbocycles. The van der Waals surface area contributed by atoms with Gasteiger partial charge < -0.3 is 14.0 Å². The smallest absolute Gasteiger partial charge is 0.341 e. The predicted molar refractivity (Wildman–Crippen MR) is 107 cm³/mol. The Kier molecular flexibility index (Phi) is 7.02. The second-order valence-electron chi connectivity index (χ2n) is 6.03. The van der Waals surface area contributed by atoms with Crippen molar-refractivity contribution in [3.63, 3.8) is 0 Å². The molecule has 0 N–H and O–H groups in total. The van der Waals surface area contributed by atoms with Crippen molar-refractivity contribution < 1.29 is 23.6 Å². The molecule has 8 heteroatoms.